The molecular formula is C14H24N4O. The molecule has 0 bridgehead atoms. The van der Waals surface area contributed by atoms with Crippen LogP contribution in [0.15, 0.2) is 0 Å². The van der Waals surface area contributed by atoms with Gasteiger partial charge in [0.1, 0.15) is 5.69 Å². The van der Waals surface area contributed by atoms with Gasteiger partial charge in [0, 0.05) is 19.1 Å². The Bertz CT molecular complexity index is 480. The van der Waals surface area contributed by atoms with E-state index in [2.05, 4.69) is 18.9 Å². The van der Waals surface area contributed by atoms with E-state index in [0.29, 0.717) is 17.4 Å². The highest BCUT2D eigenvalue weighted by Crippen LogP contribution is 2.29. The Morgan fingerprint density at radius 1 is 1.42 bits per heavy atom. The molecule has 1 aliphatic heterocycles. The van der Waals surface area contributed by atoms with Gasteiger partial charge in [0.25, 0.3) is 5.91 Å². The van der Waals surface area contributed by atoms with Crippen LogP contribution in [0.5, 0.6) is 0 Å². The number of likely N-dealkylation sites (tertiary alicyclic amines) is 1. The average molecular weight is 264 g/mol. The second-order valence-corrected chi connectivity index (χ2v) is 5.39. The van der Waals surface area contributed by atoms with E-state index < -0.39 is 0 Å². The number of nitrogens with two attached hydrogens (primary N) is 1. The van der Waals surface area contributed by atoms with Crippen molar-refractivity contribution in [2.75, 3.05) is 5.73 Å². The number of nitrogens with zero attached hydrogens (tertiary/aromatic N) is 3. The molecule has 1 fully saturated rings. The summed E-state index contributed by atoms with van der Waals surface area (Å²) in [5, 5.41) is 4.34. The molecule has 0 saturated carbocycles. The topological polar surface area (TPSA) is 64.2 Å². The third-order valence-corrected chi connectivity index (χ3v) is 4.19. The first-order valence-electron chi connectivity index (χ1n) is 7.15. The van der Waals surface area contributed by atoms with Crippen LogP contribution in [0.2, 0.25) is 0 Å². The number of hydrogen-bond acceptors (Lipinski definition) is 3. The highest BCUT2D eigenvalue weighted by molar-refractivity contribution is 5.98. The third kappa shape index (κ3) is 2.22. The Labute approximate surface area is 114 Å². The summed E-state index contributed by atoms with van der Waals surface area (Å²) >= 11 is 0. The third-order valence-electron chi connectivity index (χ3n) is 4.19. The van der Waals surface area contributed by atoms with Crippen LogP contribution in [-0.2, 0) is 13.5 Å². The van der Waals surface area contributed by atoms with Gasteiger partial charge in [0.15, 0.2) is 0 Å². The summed E-state index contributed by atoms with van der Waals surface area (Å²) in [6, 6.07) is 0.624. The zero-order valence-corrected chi connectivity index (χ0v) is 12.3. The summed E-state index contributed by atoms with van der Waals surface area (Å²) < 4.78 is 1.63. The first-order valence-corrected chi connectivity index (χ1v) is 7.15. The number of aromatic nitrogens is 2. The first-order chi connectivity index (χ1) is 9.01. The Balaban J connectivity index is 2.36. The Kier molecular flexibility index (Phi) is 3.83. The molecule has 106 valence electrons. The van der Waals surface area contributed by atoms with Crippen molar-refractivity contribution in [3.05, 3.63) is 11.4 Å². The van der Waals surface area contributed by atoms with Gasteiger partial charge >= 0.3 is 0 Å². The molecule has 2 rings (SSSR count). The molecule has 2 atom stereocenters. The lowest BCUT2D eigenvalue weighted by molar-refractivity contribution is 0.0666. The number of amides is 1. The molecule has 0 spiro atoms. The molecule has 1 aromatic heterocycles. The smallest absolute Gasteiger partial charge is 0.274 e. The van der Waals surface area contributed by atoms with Gasteiger partial charge in [-0.15, -0.1) is 0 Å². The summed E-state index contributed by atoms with van der Waals surface area (Å²) in [4.78, 5) is 14.8. The molecule has 1 saturated heterocycles. The molecule has 0 aliphatic carbocycles. The van der Waals surface area contributed by atoms with Gasteiger partial charge in [-0.2, -0.15) is 5.10 Å². The van der Waals surface area contributed by atoms with Crippen molar-refractivity contribution < 1.29 is 4.79 Å². The van der Waals surface area contributed by atoms with E-state index >= 15 is 0 Å². The predicted molar refractivity (Wildman–Crippen MR) is 75.9 cm³/mol. The van der Waals surface area contributed by atoms with Gasteiger partial charge in [-0.3, -0.25) is 9.48 Å². The zero-order chi connectivity index (χ0) is 14.2. The van der Waals surface area contributed by atoms with E-state index in [1.165, 1.54) is 0 Å². The van der Waals surface area contributed by atoms with E-state index in [1.807, 2.05) is 11.8 Å². The van der Waals surface area contributed by atoms with Crippen LogP contribution in [0.4, 0.5) is 5.69 Å². The minimum Gasteiger partial charge on any atom is -0.395 e. The van der Waals surface area contributed by atoms with Crippen LogP contribution in [0.3, 0.4) is 0 Å². The molecule has 0 radical (unpaired) electrons. The van der Waals surface area contributed by atoms with Crippen molar-refractivity contribution in [3.8, 4) is 0 Å². The van der Waals surface area contributed by atoms with Crippen molar-refractivity contribution in [2.24, 2.45) is 7.05 Å². The van der Waals surface area contributed by atoms with E-state index in [4.69, 9.17) is 5.73 Å². The summed E-state index contributed by atoms with van der Waals surface area (Å²) in [5.41, 5.74) is 7.99. The number of hydrogen-bond donors (Lipinski definition) is 1. The van der Waals surface area contributed by atoms with Gasteiger partial charge in [0.2, 0.25) is 0 Å². The molecule has 5 nitrogen and oxygen atoms in total. The minimum absolute atomic E-state index is 0.0315. The Morgan fingerprint density at radius 3 is 2.63 bits per heavy atom. The number of carbonyl (C=O) groups is 1. The van der Waals surface area contributed by atoms with Gasteiger partial charge in [-0.05, 0) is 32.6 Å². The maximum absolute atomic E-state index is 12.8. The fourth-order valence-electron chi connectivity index (χ4n) is 3.07. The quantitative estimate of drug-likeness (QED) is 0.907. The van der Waals surface area contributed by atoms with Gasteiger partial charge < -0.3 is 10.6 Å². The van der Waals surface area contributed by atoms with Crippen molar-refractivity contribution in [2.45, 2.75) is 58.5 Å². The number of aryl methyl sites for hydroxylation is 2. The SMILES string of the molecule is CCc1nn(C)c(C(=O)N2C(C)CCC2CC)c1N. The maximum atomic E-state index is 12.8. The number of carbonyl (C=O) groups excluding carboxylic acids is 1. The molecule has 2 heterocycles. The highest BCUT2D eigenvalue weighted by atomic mass is 16.2. The summed E-state index contributed by atoms with van der Waals surface area (Å²) in [6.45, 7) is 6.24. The van der Waals surface area contributed by atoms with Crippen molar-refractivity contribution in [3.63, 3.8) is 0 Å². The molecule has 1 aliphatic rings. The molecular weight excluding hydrogens is 240 g/mol. The van der Waals surface area contributed by atoms with Crippen molar-refractivity contribution >= 4 is 11.6 Å². The molecule has 19 heavy (non-hydrogen) atoms. The Hall–Kier alpha value is -1.52. The molecule has 1 amide bonds. The summed E-state index contributed by atoms with van der Waals surface area (Å²) in [5.74, 6) is 0.0315. The lowest BCUT2D eigenvalue weighted by Gasteiger charge is -2.28. The number of rotatable bonds is 3. The second-order valence-electron chi connectivity index (χ2n) is 5.39. The lowest BCUT2D eigenvalue weighted by atomic mass is 10.1. The molecule has 2 N–H and O–H groups in total. The van der Waals surface area contributed by atoms with Crippen LogP contribution in [0, 0.1) is 0 Å². The van der Waals surface area contributed by atoms with Crippen molar-refractivity contribution in [1.82, 2.24) is 14.7 Å². The van der Waals surface area contributed by atoms with Gasteiger partial charge in [-0.1, -0.05) is 13.8 Å². The number of anilines is 1. The largest absolute Gasteiger partial charge is 0.395 e. The van der Waals surface area contributed by atoms with Crippen molar-refractivity contribution in [1.29, 1.82) is 0 Å². The fourth-order valence-corrected chi connectivity index (χ4v) is 3.07. The van der Waals surface area contributed by atoms with Crippen LogP contribution >= 0.6 is 0 Å². The number of nitrogen functional groups attached to an aromatic ring is 1. The lowest BCUT2D eigenvalue weighted by Crippen LogP contribution is -2.40. The summed E-state index contributed by atoms with van der Waals surface area (Å²) in [6.07, 6.45) is 3.90. The summed E-state index contributed by atoms with van der Waals surface area (Å²) in [7, 11) is 1.80. The van der Waals surface area contributed by atoms with E-state index in [1.54, 1.807) is 11.7 Å². The maximum Gasteiger partial charge on any atom is 0.274 e. The monoisotopic (exact) mass is 264 g/mol. The van der Waals surface area contributed by atoms with Crippen LogP contribution < -0.4 is 5.73 Å². The standard InChI is InChI=1S/C14H24N4O/c1-5-10-8-7-9(3)18(10)14(19)13-12(15)11(6-2)16-17(13)4/h9-10H,5-8,15H2,1-4H3. The predicted octanol–water partition coefficient (Wildman–Crippen LogP) is 1.97. The highest BCUT2D eigenvalue weighted by Gasteiger charge is 2.36. The van der Waals surface area contributed by atoms with Crippen LogP contribution in [-0.4, -0.2) is 32.7 Å². The zero-order valence-electron chi connectivity index (χ0n) is 12.3. The van der Waals surface area contributed by atoms with Crippen LogP contribution in [0.1, 0.15) is 56.2 Å². The average Bonchev–Trinajstić information content (AvgIpc) is 2.89. The van der Waals surface area contributed by atoms with Gasteiger partial charge in [-0.25, -0.2) is 0 Å². The van der Waals surface area contributed by atoms with Gasteiger partial charge in [0.05, 0.1) is 11.4 Å². The van der Waals surface area contributed by atoms with E-state index in [9.17, 15) is 4.79 Å². The van der Waals surface area contributed by atoms with Crippen LogP contribution in [0.25, 0.3) is 0 Å². The normalized spacial score (nSPS) is 23.1. The molecule has 1 aromatic rings. The molecule has 0 aromatic carbocycles. The fraction of sp³-hybridized carbons (Fsp3) is 0.714. The second kappa shape index (κ2) is 5.23. The minimum atomic E-state index is 0.0315. The Morgan fingerprint density at radius 2 is 2.11 bits per heavy atom. The van der Waals surface area contributed by atoms with E-state index in [-0.39, 0.29) is 11.9 Å². The first kappa shape index (κ1) is 13.9. The molecule has 2 unspecified atom stereocenters. The van der Waals surface area contributed by atoms with E-state index in [0.717, 1.165) is 31.4 Å². The molecule has 5 heteroatoms.